The van der Waals surface area contributed by atoms with E-state index in [2.05, 4.69) is 15.3 Å². The molecule has 9 nitrogen and oxygen atoms in total. The molecule has 1 aromatic rings. The summed E-state index contributed by atoms with van der Waals surface area (Å²) in [4.78, 5) is 10.9. The standard InChI is InChI=1S/C18H22F3N5O4/c19-18(20,21)17-23-22-15-6-10-5-13-14(30-8-29-13)7-12(10)16(24-25(15)17)9-1-3-11(4-2-9)26(27)28/h9-14H,1-8H2. The van der Waals surface area contributed by atoms with Crippen molar-refractivity contribution in [2.24, 2.45) is 22.9 Å². The quantitative estimate of drug-likeness (QED) is 0.529. The van der Waals surface area contributed by atoms with Gasteiger partial charge in [-0.15, -0.1) is 10.2 Å². The van der Waals surface area contributed by atoms with Crippen LogP contribution in [0.2, 0.25) is 0 Å². The molecule has 4 aliphatic rings. The van der Waals surface area contributed by atoms with E-state index in [-0.39, 0.29) is 47.5 Å². The molecule has 0 aromatic carbocycles. The zero-order valence-corrected chi connectivity index (χ0v) is 16.1. The van der Waals surface area contributed by atoms with E-state index in [4.69, 9.17) is 9.47 Å². The molecule has 30 heavy (non-hydrogen) atoms. The summed E-state index contributed by atoms with van der Waals surface area (Å²) in [7, 11) is 0. The van der Waals surface area contributed by atoms with Crippen molar-refractivity contribution >= 4 is 5.71 Å². The minimum absolute atomic E-state index is 0.0199. The van der Waals surface area contributed by atoms with E-state index in [0.29, 0.717) is 50.7 Å². The molecule has 3 fully saturated rings. The molecule has 12 heteroatoms. The fraction of sp³-hybridized carbons (Fsp3) is 0.833. The Kier molecular flexibility index (Phi) is 4.80. The van der Waals surface area contributed by atoms with Crippen LogP contribution in [0.3, 0.4) is 0 Å². The molecule has 4 unspecified atom stereocenters. The first-order valence-corrected chi connectivity index (χ1v) is 10.3. The molecule has 0 radical (unpaired) electrons. The highest BCUT2D eigenvalue weighted by Crippen LogP contribution is 2.44. The second-order valence-corrected chi connectivity index (χ2v) is 8.64. The maximum Gasteiger partial charge on any atom is 0.453 e. The van der Waals surface area contributed by atoms with Crippen molar-refractivity contribution in [1.82, 2.24) is 14.9 Å². The Morgan fingerprint density at radius 3 is 2.43 bits per heavy atom. The van der Waals surface area contributed by atoms with E-state index < -0.39 is 18.0 Å². The molecule has 0 bridgehead atoms. The highest BCUT2D eigenvalue weighted by atomic mass is 19.4. The van der Waals surface area contributed by atoms with E-state index >= 15 is 0 Å². The molecule has 1 aromatic heterocycles. The normalized spacial score (nSPS) is 36.3. The molecule has 2 aliphatic heterocycles. The third-order valence-corrected chi connectivity index (χ3v) is 6.98. The first kappa shape index (κ1) is 19.9. The third-order valence-electron chi connectivity index (χ3n) is 6.98. The van der Waals surface area contributed by atoms with Crippen LogP contribution < -0.4 is 0 Å². The molecule has 5 rings (SSSR count). The van der Waals surface area contributed by atoms with Gasteiger partial charge in [-0.05, 0) is 37.5 Å². The van der Waals surface area contributed by atoms with E-state index in [1.807, 2.05) is 0 Å². The molecular formula is C18H22F3N5O4. The van der Waals surface area contributed by atoms with Gasteiger partial charge in [-0.25, -0.2) is 0 Å². The van der Waals surface area contributed by atoms with Gasteiger partial charge < -0.3 is 9.47 Å². The largest absolute Gasteiger partial charge is 0.453 e. The summed E-state index contributed by atoms with van der Waals surface area (Å²) in [6, 6.07) is -0.595. The first-order valence-electron chi connectivity index (χ1n) is 10.3. The maximum atomic E-state index is 13.5. The van der Waals surface area contributed by atoms with Crippen molar-refractivity contribution in [1.29, 1.82) is 0 Å². The highest BCUT2D eigenvalue weighted by Gasteiger charge is 2.48. The van der Waals surface area contributed by atoms with Gasteiger partial charge in [0.2, 0.25) is 6.04 Å². The zero-order valence-electron chi connectivity index (χ0n) is 16.1. The van der Waals surface area contributed by atoms with E-state index in [0.717, 1.165) is 4.68 Å². The molecule has 4 atom stereocenters. The smallest absolute Gasteiger partial charge is 0.349 e. The summed E-state index contributed by atoms with van der Waals surface area (Å²) in [5.41, 5.74) is 0.680. The molecule has 0 amide bonds. The minimum atomic E-state index is -4.67. The Hall–Kier alpha value is -2.08. The molecule has 2 aliphatic carbocycles. The van der Waals surface area contributed by atoms with Gasteiger partial charge in [-0.1, -0.05) is 0 Å². The molecule has 164 valence electrons. The van der Waals surface area contributed by atoms with Crippen LogP contribution in [0.15, 0.2) is 5.10 Å². The van der Waals surface area contributed by atoms with Crippen molar-refractivity contribution in [3.63, 3.8) is 0 Å². The lowest BCUT2D eigenvalue weighted by molar-refractivity contribution is -0.526. The van der Waals surface area contributed by atoms with Gasteiger partial charge in [0.1, 0.15) is 6.79 Å². The van der Waals surface area contributed by atoms with Crippen molar-refractivity contribution < 1.29 is 27.6 Å². The number of rotatable bonds is 2. The van der Waals surface area contributed by atoms with Crippen molar-refractivity contribution in [3.05, 3.63) is 21.8 Å². The van der Waals surface area contributed by atoms with Crippen LogP contribution in [0.4, 0.5) is 13.2 Å². The number of nitrogens with zero attached hydrogens (tertiary/aromatic N) is 5. The van der Waals surface area contributed by atoms with E-state index in [1.165, 1.54) is 0 Å². The van der Waals surface area contributed by atoms with Crippen LogP contribution >= 0.6 is 0 Å². The fourth-order valence-corrected chi connectivity index (χ4v) is 5.47. The lowest BCUT2D eigenvalue weighted by atomic mass is 9.68. The Bertz CT molecular complexity index is 864. The molecule has 0 N–H and O–H groups in total. The summed E-state index contributed by atoms with van der Waals surface area (Å²) >= 11 is 0. The van der Waals surface area contributed by atoms with Gasteiger partial charge in [0.25, 0.3) is 5.82 Å². The van der Waals surface area contributed by atoms with Crippen LogP contribution in [0, 0.1) is 27.9 Å². The maximum absolute atomic E-state index is 13.5. The summed E-state index contributed by atoms with van der Waals surface area (Å²) in [5, 5.41) is 22.8. The Balaban J connectivity index is 1.52. The van der Waals surface area contributed by atoms with Crippen LogP contribution in [-0.2, 0) is 22.1 Å². The lowest BCUT2D eigenvalue weighted by Crippen LogP contribution is -2.43. The van der Waals surface area contributed by atoms with Gasteiger partial charge in [-0.2, -0.15) is 22.9 Å². The van der Waals surface area contributed by atoms with Gasteiger partial charge in [-0.3, -0.25) is 10.1 Å². The predicted molar refractivity (Wildman–Crippen MR) is 95.1 cm³/mol. The second kappa shape index (κ2) is 7.26. The lowest BCUT2D eigenvalue weighted by Gasteiger charge is -2.38. The monoisotopic (exact) mass is 429 g/mol. The van der Waals surface area contributed by atoms with Crippen molar-refractivity contribution in [3.8, 4) is 0 Å². The molecule has 0 spiro atoms. The second-order valence-electron chi connectivity index (χ2n) is 8.64. The number of hydrogen-bond donors (Lipinski definition) is 0. The average Bonchev–Trinajstić information content (AvgIpc) is 3.28. The Labute approximate surface area is 169 Å². The topological polar surface area (TPSA) is 105 Å². The number of fused-ring (bicyclic) bond motifs is 3. The molecule has 1 saturated heterocycles. The fourth-order valence-electron chi connectivity index (χ4n) is 5.47. The van der Waals surface area contributed by atoms with Gasteiger partial charge >= 0.3 is 6.18 Å². The molecule has 2 saturated carbocycles. The highest BCUT2D eigenvalue weighted by molar-refractivity contribution is 5.89. The van der Waals surface area contributed by atoms with E-state index in [9.17, 15) is 23.3 Å². The number of alkyl halides is 3. The number of nitro groups is 1. The number of hydrogen-bond acceptors (Lipinski definition) is 7. The number of aromatic nitrogens is 3. The number of ether oxygens (including phenoxy) is 2. The zero-order chi connectivity index (χ0) is 21.0. The van der Waals surface area contributed by atoms with Gasteiger partial charge in [0.15, 0.2) is 5.82 Å². The minimum Gasteiger partial charge on any atom is -0.349 e. The van der Waals surface area contributed by atoms with Crippen LogP contribution in [0.25, 0.3) is 0 Å². The van der Waals surface area contributed by atoms with E-state index in [1.54, 1.807) is 0 Å². The number of halogens is 3. The average molecular weight is 429 g/mol. The van der Waals surface area contributed by atoms with Gasteiger partial charge in [0.05, 0.1) is 12.2 Å². The molecular weight excluding hydrogens is 407 g/mol. The third kappa shape index (κ3) is 3.39. The SMILES string of the molecule is O=[N+]([O-])C1CCC(C2=Nn3c(nnc3C(F)(F)F)CC3CC4OCOC4CC23)CC1. The first-order chi connectivity index (χ1) is 14.3. The van der Waals surface area contributed by atoms with Crippen LogP contribution in [-0.4, -0.2) is 50.6 Å². The van der Waals surface area contributed by atoms with Crippen LogP contribution in [0.1, 0.15) is 50.2 Å². The Morgan fingerprint density at radius 1 is 1.07 bits per heavy atom. The predicted octanol–water partition coefficient (Wildman–Crippen LogP) is 2.66. The van der Waals surface area contributed by atoms with Crippen molar-refractivity contribution in [2.75, 3.05) is 6.79 Å². The molecule has 3 heterocycles. The summed E-state index contributed by atoms with van der Waals surface area (Å²) in [6.45, 7) is 0.226. The van der Waals surface area contributed by atoms with Crippen LogP contribution in [0.5, 0.6) is 0 Å². The van der Waals surface area contributed by atoms with Crippen molar-refractivity contribution in [2.45, 2.75) is 69.4 Å². The summed E-state index contributed by atoms with van der Waals surface area (Å²) in [6.07, 6.45) is -1.33. The Morgan fingerprint density at radius 2 is 1.77 bits per heavy atom. The summed E-state index contributed by atoms with van der Waals surface area (Å²) < 4.78 is 52.7. The van der Waals surface area contributed by atoms with Gasteiger partial charge in [0, 0.05) is 35.8 Å². The summed E-state index contributed by atoms with van der Waals surface area (Å²) in [5.74, 6) is -1.06.